The van der Waals surface area contributed by atoms with Crippen molar-refractivity contribution in [3.63, 3.8) is 0 Å². The van der Waals surface area contributed by atoms with Gasteiger partial charge in [0.2, 0.25) is 0 Å². The van der Waals surface area contributed by atoms with E-state index >= 15 is 0 Å². The predicted molar refractivity (Wildman–Crippen MR) is 101 cm³/mol. The van der Waals surface area contributed by atoms with Crippen molar-refractivity contribution < 1.29 is 26.2 Å². The van der Waals surface area contributed by atoms with Crippen LogP contribution in [0, 0.1) is 6.08 Å². The first-order valence-corrected chi connectivity index (χ1v) is 11.4. The molecule has 0 atom stereocenters. The number of hydrogen-bond acceptors (Lipinski definition) is 0. The van der Waals surface area contributed by atoms with Gasteiger partial charge in [-0.2, -0.15) is 6.08 Å². The van der Waals surface area contributed by atoms with Gasteiger partial charge in [-0.25, -0.2) is 11.3 Å². The summed E-state index contributed by atoms with van der Waals surface area (Å²) in [5.41, 5.74) is 0. The van der Waals surface area contributed by atoms with E-state index in [0.29, 0.717) is 0 Å². The summed E-state index contributed by atoms with van der Waals surface area (Å²) in [4.78, 5) is 0. The summed E-state index contributed by atoms with van der Waals surface area (Å²) < 4.78 is 0. The number of allylic oxidation sites excluding steroid dienone is 4. The van der Waals surface area contributed by atoms with Crippen molar-refractivity contribution in [3.05, 3.63) is 78.0 Å². The van der Waals surface area contributed by atoms with Crippen molar-refractivity contribution in [2.45, 2.75) is 26.1 Å². The average molecular weight is 394 g/mol. The van der Waals surface area contributed by atoms with Crippen LogP contribution in [-0.2, 0) is 26.2 Å². The van der Waals surface area contributed by atoms with Gasteiger partial charge < -0.3 is 0 Å². The van der Waals surface area contributed by atoms with Gasteiger partial charge in [-0.3, -0.25) is 6.08 Å². The largest absolute Gasteiger partial charge is 2.00 e. The topological polar surface area (TPSA) is 0 Å². The smallest absolute Gasteiger partial charge is 0.274 e. The third-order valence-electron chi connectivity index (χ3n) is 4.03. The molecular formula is C21H22SiZr. The standard InChI is InChI=1S/C13H9.C8H13Si.Zr/c1-3-7-12-10(5-1)9-11-6-2-4-8-13(11)12;1-9(2,3)8-6-4-5-7-8;/h1-9H;4,6H,5H2,1-3H3;/q2*-1;+2. The Labute approximate surface area is 159 Å². The molecule has 0 heterocycles. The van der Waals surface area contributed by atoms with E-state index < -0.39 is 8.07 Å². The molecule has 1 aliphatic carbocycles. The first-order chi connectivity index (χ1) is 10.6. The van der Waals surface area contributed by atoms with E-state index in [9.17, 15) is 0 Å². The van der Waals surface area contributed by atoms with Crippen LogP contribution in [0.15, 0.2) is 71.9 Å². The zero-order valence-corrected chi connectivity index (χ0v) is 17.5. The van der Waals surface area contributed by atoms with Crippen molar-refractivity contribution in [2.75, 3.05) is 0 Å². The minimum Gasteiger partial charge on any atom is -0.274 e. The average Bonchev–Trinajstić information content (AvgIpc) is 3.15. The van der Waals surface area contributed by atoms with Gasteiger partial charge in [-0.15, -0.1) is 46.2 Å². The molecule has 3 aromatic rings. The maximum atomic E-state index is 3.36. The molecule has 0 radical (unpaired) electrons. The molecule has 0 spiro atoms. The monoisotopic (exact) mass is 392 g/mol. The molecule has 0 N–H and O–H groups in total. The molecule has 4 rings (SSSR count). The van der Waals surface area contributed by atoms with Crippen LogP contribution in [0.1, 0.15) is 6.42 Å². The van der Waals surface area contributed by atoms with E-state index in [1.807, 2.05) is 0 Å². The van der Waals surface area contributed by atoms with Gasteiger partial charge in [0.15, 0.2) is 0 Å². The Morgan fingerprint density at radius 2 is 1.39 bits per heavy atom. The fourth-order valence-electron chi connectivity index (χ4n) is 2.82. The van der Waals surface area contributed by atoms with Gasteiger partial charge >= 0.3 is 26.2 Å². The fraction of sp³-hybridized carbons (Fsp3) is 0.190. The van der Waals surface area contributed by atoms with E-state index in [1.165, 1.54) is 26.7 Å². The van der Waals surface area contributed by atoms with Crippen LogP contribution in [0.3, 0.4) is 0 Å². The normalized spacial score (nSPS) is 13.4. The molecule has 0 saturated heterocycles. The Kier molecular flexibility index (Phi) is 6.06. The first kappa shape index (κ1) is 18.2. The summed E-state index contributed by atoms with van der Waals surface area (Å²) in [6.45, 7) is 7.06. The molecular weight excluding hydrogens is 372 g/mol. The minimum atomic E-state index is -1.01. The summed E-state index contributed by atoms with van der Waals surface area (Å²) in [6.07, 6.45) is 8.82. The maximum absolute atomic E-state index is 3.36. The van der Waals surface area contributed by atoms with Gasteiger partial charge in [-0.05, 0) is 0 Å². The molecule has 0 nitrogen and oxygen atoms in total. The van der Waals surface area contributed by atoms with Crippen molar-refractivity contribution in [2.24, 2.45) is 0 Å². The molecule has 0 unspecified atom stereocenters. The van der Waals surface area contributed by atoms with Crippen LogP contribution in [-0.4, -0.2) is 8.07 Å². The minimum absolute atomic E-state index is 0. The Hall–Kier alpha value is -1.11. The molecule has 0 bridgehead atoms. The Bertz CT molecular complexity index is 797. The van der Waals surface area contributed by atoms with Gasteiger partial charge in [0.1, 0.15) is 0 Å². The van der Waals surface area contributed by atoms with Crippen molar-refractivity contribution in [1.29, 1.82) is 0 Å². The Balaban J connectivity index is 0.000000171. The van der Waals surface area contributed by atoms with Gasteiger partial charge in [0.05, 0.1) is 0 Å². The van der Waals surface area contributed by atoms with Gasteiger partial charge in [-0.1, -0.05) is 56.0 Å². The number of rotatable bonds is 1. The van der Waals surface area contributed by atoms with Crippen LogP contribution in [0.4, 0.5) is 0 Å². The SMILES string of the molecule is C[Si](C)(C)C1=[C-]CC=C1.[Zr+2].c1ccc2c(c1)[cH-]c1ccccc12. The summed E-state index contributed by atoms with van der Waals surface area (Å²) in [5, 5.41) is 6.88. The van der Waals surface area contributed by atoms with E-state index in [2.05, 4.69) is 92.5 Å². The van der Waals surface area contributed by atoms with Crippen LogP contribution >= 0.6 is 0 Å². The van der Waals surface area contributed by atoms with Crippen molar-refractivity contribution in [3.8, 4) is 0 Å². The third-order valence-corrected chi connectivity index (χ3v) is 5.99. The number of fused-ring (bicyclic) bond motifs is 3. The van der Waals surface area contributed by atoms with Crippen LogP contribution in [0.25, 0.3) is 21.5 Å². The molecule has 1 aliphatic rings. The second kappa shape index (κ2) is 7.64. The zero-order chi connectivity index (χ0) is 15.6. The Morgan fingerprint density at radius 1 is 0.870 bits per heavy atom. The molecule has 2 heteroatoms. The predicted octanol–water partition coefficient (Wildman–Crippen LogP) is 6.26. The van der Waals surface area contributed by atoms with Crippen LogP contribution in [0.5, 0.6) is 0 Å². The molecule has 114 valence electrons. The quantitative estimate of drug-likeness (QED) is 0.338. The second-order valence-electron chi connectivity index (χ2n) is 6.77. The van der Waals surface area contributed by atoms with E-state index in [4.69, 9.17) is 0 Å². The summed E-state index contributed by atoms with van der Waals surface area (Å²) in [5.74, 6) is 0. The van der Waals surface area contributed by atoms with Crippen LogP contribution in [0.2, 0.25) is 19.6 Å². The molecule has 0 amide bonds. The van der Waals surface area contributed by atoms with Crippen LogP contribution < -0.4 is 0 Å². The van der Waals surface area contributed by atoms with Gasteiger partial charge in [0.25, 0.3) is 0 Å². The molecule has 0 aliphatic heterocycles. The maximum Gasteiger partial charge on any atom is 2.00 e. The summed E-state index contributed by atoms with van der Waals surface area (Å²) in [7, 11) is -1.01. The van der Waals surface area contributed by atoms with Crippen molar-refractivity contribution in [1.82, 2.24) is 0 Å². The molecule has 0 fully saturated rings. The second-order valence-corrected chi connectivity index (χ2v) is 11.8. The zero-order valence-electron chi connectivity index (χ0n) is 14.1. The first-order valence-electron chi connectivity index (χ1n) is 7.87. The third kappa shape index (κ3) is 4.25. The molecule has 0 saturated carbocycles. The molecule has 23 heavy (non-hydrogen) atoms. The van der Waals surface area contributed by atoms with E-state index in [-0.39, 0.29) is 26.2 Å². The van der Waals surface area contributed by atoms with Crippen molar-refractivity contribution >= 4 is 29.6 Å². The number of hydrogen-bond donors (Lipinski definition) is 0. The summed E-state index contributed by atoms with van der Waals surface area (Å²) in [6, 6.07) is 19.3. The number of benzene rings is 2. The van der Waals surface area contributed by atoms with E-state index in [1.54, 1.807) is 0 Å². The summed E-state index contributed by atoms with van der Waals surface area (Å²) >= 11 is 0. The Morgan fingerprint density at radius 3 is 1.78 bits per heavy atom. The van der Waals surface area contributed by atoms with Gasteiger partial charge in [0, 0.05) is 8.07 Å². The molecule has 0 aromatic heterocycles. The fourth-order valence-corrected chi connectivity index (χ4v) is 4.07. The molecule has 3 aromatic carbocycles. The van der Waals surface area contributed by atoms with E-state index in [0.717, 1.165) is 6.42 Å².